The fourth-order valence-corrected chi connectivity index (χ4v) is 2.59. The molecule has 0 spiro atoms. The van der Waals surface area contributed by atoms with Crippen molar-refractivity contribution >= 4 is 41.7 Å². The maximum atomic E-state index is 12.2. The Morgan fingerprint density at radius 3 is 2.95 bits per heavy atom. The highest BCUT2D eigenvalue weighted by atomic mass is 35.5. The van der Waals surface area contributed by atoms with E-state index in [9.17, 15) is 9.82 Å². The highest BCUT2D eigenvalue weighted by Crippen LogP contribution is 2.21. The summed E-state index contributed by atoms with van der Waals surface area (Å²) in [6, 6.07) is 6.63. The summed E-state index contributed by atoms with van der Waals surface area (Å²) in [5.41, 5.74) is 2.48. The predicted octanol–water partition coefficient (Wildman–Crippen LogP) is 1.54. The average molecular weight is 337 g/mol. The predicted molar refractivity (Wildman–Crippen MR) is 84.3 cm³/mol. The van der Waals surface area contributed by atoms with Crippen molar-refractivity contribution in [2.45, 2.75) is 13.2 Å². The van der Waals surface area contributed by atoms with Crippen LogP contribution < -0.4 is 10.8 Å². The first-order valence-electron chi connectivity index (χ1n) is 6.55. The van der Waals surface area contributed by atoms with Crippen LogP contribution in [0.5, 0.6) is 0 Å². The van der Waals surface area contributed by atoms with E-state index in [1.807, 2.05) is 0 Å². The number of hydrogen-bond donors (Lipinski definition) is 2. The number of benzene rings is 1. The van der Waals surface area contributed by atoms with Gasteiger partial charge in [0, 0.05) is 12.7 Å². The number of rotatable bonds is 3. The van der Waals surface area contributed by atoms with E-state index in [0.29, 0.717) is 27.7 Å². The summed E-state index contributed by atoms with van der Waals surface area (Å²) in [7, 11) is -1.01. The van der Waals surface area contributed by atoms with Crippen LogP contribution in [0.3, 0.4) is 0 Å². The van der Waals surface area contributed by atoms with Gasteiger partial charge in [0.2, 0.25) is 0 Å². The van der Waals surface area contributed by atoms with Crippen LogP contribution in [0.25, 0.3) is 0 Å². The lowest BCUT2D eigenvalue weighted by Gasteiger charge is -2.09. The third kappa shape index (κ3) is 3.10. The molecular weight excluding hydrogens is 326 g/mol. The highest BCUT2D eigenvalue weighted by molar-refractivity contribution is 6.61. The largest absolute Gasteiger partial charge is 0.491 e. The van der Waals surface area contributed by atoms with Gasteiger partial charge in [-0.2, -0.15) is 0 Å². The van der Waals surface area contributed by atoms with Crippen LogP contribution in [0.4, 0.5) is 0 Å². The van der Waals surface area contributed by atoms with E-state index >= 15 is 0 Å². The van der Waals surface area contributed by atoms with Gasteiger partial charge in [0.15, 0.2) is 0 Å². The van der Waals surface area contributed by atoms with E-state index in [2.05, 4.69) is 10.3 Å². The summed E-state index contributed by atoms with van der Waals surface area (Å²) in [6.07, 6.45) is 1.59. The summed E-state index contributed by atoms with van der Waals surface area (Å²) in [6.45, 7) is 0.587. The monoisotopic (exact) mass is 336 g/mol. The van der Waals surface area contributed by atoms with Crippen molar-refractivity contribution in [2.75, 3.05) is 0 Å². The molecule has 0 fully saturated rings. The van der Waals surface area contributed by atoms with Crippen molar-refractivity contribution in [1.82, 2.24) is 10.3 Å². The second-order valence-corrected chi connectivity index (χ2v) is 5.66. The van der Waals surface area contributed by atoms with Gasteiger partial charge < -0.3 is 15.0 Å². The molecule has 2 N–H and O–H groups in total. The molecule has 8 heteroatoms. The Bertz CT molecular complexity index is 725. The quantitative estimate of drug-likeness (QED) is 0.658. The van der Waals surface area contributed by atoms with Crippen LogP contribution in [-0.4, -0.2) is 23.0 Å². The molecule has 22 heavy (non-hydrogen) atoms. The number of aromatic nitrogens is 1. The number of hydrogen-bond acceptors (Lipinski definition) is 4. The molecule has 2 aromatic rings. The Hall–Kier alpha value is -1.60. The van der Waals surface area contributed by atoms with Crippen LogP contribution >= 0.6 is 23.2 Å². The van der Waals surface area contributed by atoms with Gasteiger partial charge in [0.25, 0.3) is 5.91 Å². The van der Waals surface area contributed by atoms with Gasteiger partial charge in [-0.25, -0.2) is 4.98 Å². The minimum absolute atomic E-state index is 0.286. The molecule has 3 rings (SSSR count). The molecule has 0 aliphatic carbocycles. The van der Waals surface area contributed by atoms with Gasteiger partial charge in [0.1, 0.15) is 5.15 Å². The minimum Gasteiger partial charge on any atom is -0.423 e. The number of fused-ring (bicyclic) bond motifs is 1. The summed E-state index contributed by atoms with van der Waals surface area (Å²) in [4.78, 5) is 16.2. The Morgan fingerprint density at radius 1 is 1.41 bits per heavy atom. The minimum atomic E-state index is -1.01. The number of carbonyl (C=O) groups is 1. The van der Waals surface area contributed by atoms with Crippen molar-refractivity contribution in [3.8, 4) is 0 Å². The molecule has 5 nitrogen and oxygen atoms in total. The van der Waals surface area contributed by atoms with Gasteiger partial charge in [0.05, 0.1) is 17.2 Å². The molecule has 0 unspecified atom stereocenters. The van der Waals surface area contributed by atoms with E-state index in [0.717, 1.165) is 11.1 Å². The topological polar surface area (TPSA) is 71.5 Å². The van der Waals surface area contributed by atoms with Gasteiger partial charge in [-0.15, -0.1) is 0 Å². The molecule has 0 bridgehead atoms. The molecule has 1 amide bonds. The second-order valence-electron chi connectivity index (χ2n) is 4.87. The number of nitrogens with zero attached hydrogens (tertiary/aromatic N) is 1. The molecule has 1 aromatic heterocycles. The van der Waals surface area contributed by atoms with E-state index in [-0.39, 0.29) is 12.5 Å². The van der Waals surface area contributed by atoms with Crippen molar-refractivity contribution in [3.63, 3.8) is 0 Å². The lowest BCUT2D eigenvalue weighted by molar-refractivity contribution is 0.0951. The fourth-order valence-electron chi connectivity index (χ4n) is 2.21. The first kappa shape index (κ1) is 15.3. The molecule has 0 saturated carbocycles. The second kappa shape index (κ2) is 6.26. The Kier molecular flexibility index (Phi) is 4.36. The number of halogens is 2. The Morgan fingerprint density at radius 2 is 2.23 bits per heavy atom. The molecule has 0 saturated heterocycles. The third-order valence-electron chi connectivity index (χ3n) is 3.38. The number of carbonyl (C=O) groups excluding carboxylic acids is 1. The van der Waals surface area contributed by atoms with Crippen molar-refractivity contribution in [1.29, 1.82) is 0 Å². The number of pyridine rings is 1. The van der Waals surface area contributed by atoms with E-state index in [1.165, 1.54) is 0 Å². The Labute approximate surface area is 137 Å². The summed E-state index contributed by atoms with van der Waals surface area (Å²) >= 11 is 11.8. The molecule has 2 heterocycles. The van der Waals surface area contributed by atoms with Gasteiger partial charge in [-0.1, -0.05) is 29.3 Å². The lowest BCUT2D eigenvalue weighted by atomic mass is 9.78. The molecule has 1 aliphatic heterocycles. The van der Waals surface area contributed by atoms with Gasteiger partial charge in [-0.05, 0) is 34.8 Å². The first-order valence-corrected chi connectivity index (χ1v) is 7.31. The molecule has 0 atom stereocenters. The molecular formula is C14H11BCl2N2O3. The summed E-state index contributed by atoms with van der Waals surface area (Å²) < 4.78 is 5.10. The zero-order valence-corrected chi connectivity index (χ0v) is 12.9. The van der Waals surface area contributed by atoms with Crippen LogP contribution in [0.2, 0.25) is 10.2 Å². The number of amides is 1. The van der Waals surface area contributed by atoms with Crippen molar-refractivity contribution in [3.05, 3.63) is 57.3 Å². The Balaban J connectivity index is 1.75. The SMILES string of the molecule is O=C(NCc1ccc(Cl)nc1)c1cc2c(cc1Cl)COB2O. The zero-order valence-electron chi connectivity index (χ0n) is 11.3. The maximum Gasteiger partial charge on any atom is 0.491 e. The van der Waals surface area contributed by atoms with Crippen LogP contribution in [0, 0.1) is 0 Å². The standard InChI is InChI=1S/C14H11BCl2N2O3/c16-12-3-9-7-22-15(21)11(9)4-10(12)14(20)19-6-8-1-2-13(17)18-5-8/h1-5,21H,6-7H2,(H,19,20). The normalized spacial score (nSPS) is 13.1. The van der Waals surface area contributed by atoms with Crippen LogP contribution in [0.15, 0.2) is 30.5 Å². The third-order valence-corrected chi connectivity index (χ3v) is 3.91. The van der Waals surface area contributed by atoms with E-state index in [4.69, 9.17) is 27.9 Å². The zero-order chi connectivity index (χ0) is 15.7. The summed E-state index contributed by atoms with van der Waals surface area (Å²) in [5.74, 6) is -0.332. The first-order chi connectivity index (χ1) is 10.5. The molecule has 1 aromatic carbocycles. The van der Waals surface area contributed by atoms with Gasteiger partial charge in [-0.3, -0.25) is 4.79 Å². The molecule has 0 radical (unpaired) electrons. The van der Waals surface area contributed by atoms with E-state index in [1.54, 1.807) is 30.5 Å². The fraction of sp³-hybridized carbons (Fsp3) is 0.143. The van der Waals surface area contributed by atoms with Gasteiger partial charge >= 0.3 is 7.12 Å². The summed E-state index contributed by atoms with van der Waals surface area (Å²) in [5, 5.41) is 13.2. The van der Waals surface area contributed by atoms with E-state index < -0.39 is 7.12 Å². The average Bonchev–Trinajstić information content (AvgIpc) is 2.86. The van der Waals surface area contributed by atoms with Crippen molar-refractivity contribution < 1.29 is 14.5 Å². The smallest absolute Gasteiger partial charge is 0.423 e. The van der Waals surface area contributed by atoms with Crippen molar-refractivity contribution in [2.24, 2.45) is 0 Å². The lowest BCUT2D eigenvalue weighted by Crippen LogP contribution is -2.31. The van der Waals surface area contributed by atoms with Crippen LogP contribution in [-0.2, 0) is 17.8 Å². The van der Waals surface area contributed by atoms with Crippen LogP contribution in [0.1, 0.15) is 21.5 Å². The highest BCUT2D eigenvalue weighted by Gasteiger charge is 2.29. The molecule has 1 aliphatic rings. The number of nitrogens with one attached hydrogen (secondary N) is 1. The molecule has 112 valence electrons. The maximum absolute atomic E-state index is 12.2.